The minimum absolute atomic E-state index is 0.514. The quantitative estimate of drug-likeness (QED) is 0.308. The number of rotatable bonds is 5. The summed E-state index contributed by atoms with van der Waals surface area (Å²) in [7, 11) is 0. The topological polar surface area (TPSA) is 23.8 Å². The maximum atomic E-state index is 17.1. The fraction of sp³-hybridized carbons (Fsp3) is 0.0385. The van der Waals surface area contributed by atoms with Crippen LogP contribution in [0.2, 0.25) is 0 Å². The van der Waals surface area contributed by atoms with E-state index in [0.717, 1.165) is 15.9 Å². The van der Waals surface area contributed by atoms with E-state index in [0.29, 0.717) is 11.1 Å². The zero-order valence-corrected chi connectivity index (χ0v) is 18.7. The summed E-state index contributed by atoms with van der Waals surface area (Å²) in [6.45, 7) is 0. The molecule has 0 heterocycles. The Morgan fingerprint density at radius 2 is 1.00 bits per heavy atom. The standard InChI is InChI=1S/C26H20BrFNP/c27-30(23-10-4-1-5-11-23,24-12-6-2-7-13-24,25-14-8-3-9-15-25)26(28)22-18-16-21(20-29)17-19-22/h1-19,26H. The van der Waals surface area contributed by atoms with Gasteiger partial charge in [0.05, 0.1) is 0 Å². The number of alkyl halides is 1. The van der Waals surface area contributed by atoms with Gasteiger partial charge in [-0.15, -0.1) is 0 Å². The van der Waals surface area contributed by atoms with Gasteiger partial charge >= 0.3 is 185 Å². The van der Waals surface area contributed by atoms with Crippen molar-refractivity contribution in [1.29, 1.82) is 5.26 Å². The first-order chi connectivity index (χ1) is 14.6. The Morgan fingerprint density at radius 3 is 1.33 bits per heavy atom. The molecule has 1 atom stereocenters. The summed E-state index contributed by atoms with van der Waals surface area (Å²) in [5.41, 5.74) is 1.06. The van der Waals surface area contributed by atoms with Crippen LogP contribution in [0.25, 0.3) is 0 Å². The van der Waals surface area contributed by atoms with Crippen LogP contribution in [0, 0.1) is 11.3 Å². The molecule has 0 aliphatic carbocycles. The molecule has 0 fully saturated rings. The summed E-state index contributed by atoms with van der Waals surface area (Å²) >= 11 is 4.15. The zero-order chi connectivity index (χ0) is 21.1. The third-order valence-electron chi connectivity index (χ3n) is 5.52. The molecule has 4 heteroatoms. The molecule has 0 N–H and O–H groups in total. The fourth-order valence-electron chi connectivity index (χ4n) is 3.99. The van der Waals surface area contributed by atoms with E-state index in [1.165, 1.54) is 0 Å². The summed E-state index contributed by atoms with van der Waals surface area (Å²) in [5, 5.41) is 8.16. The molecule has 0 saturated carbocycles. The Hall–Kier alpha value is -2.79. The SMILES string of the molecule is N#Cc1ccc(C(F)P(Br)(c2ccccc2)(c2ccccc2)c2ccccc2)cc1. The molecule has 4 rings (SSSR count). The molecule has 0 aliphatic heterocycles. The Bertz CT molecular complexity index is 1070. The van der Waals surface area contributed by atoms with Crippen LogP contribution >= 0.6 is 20.8 Å². The van der Waals surface area contributed by atoms with Gasteiger partial charge in [-0.3, -0.25) is 0 Å². The first kappa shape index (κ1) is 20.5. The van der Waals surface area contributed by atoms with E-state index in [9.17, 15) is 0 Å². The maximum absolute atomic E-state index is 17.1. The van der Waals surface area contributed by atoms with Gasteiger partial charge in [0, 0.05) is 0 Å². The molecule has 30 heavy (non-hydrogen) atoms. The van der Waals surface area contributed by atoms with E-state index in [4.69, 9.17) is 5.26 Å². The van der Waals surface area contributed by atoms with Crippen LogP contribution in [0.3, 0.4) is 0 Å². The molecule has 0 saturated heterocycles. The van der Waals surface area contributed by atoms with Crippen molar-refractivity contribution in [2.24, 2.45) is 0 Å². The van der Waals surface area contributed by atoms with Gasteiger partial charge < -0.3 is 0 Å². The van der Waals surface area contributed by atoms with Gasteiger partial charge in [0.1, 0.15) is 0 Å². The molecule has 148 valence electrons. The van der Waals surface area contributed by atoms with Crippen molar-refractivity contribution < 1.29 is 4.39 Å². The zero-order valence-electron chi connectivity index (χ0n) is 16.2. The van der Waals surface area contributed by atoms with E-state index in [-0.39, 0.29) is 0 Å². The number of nitriles is 1. The second-order valence-electron chi connectivity index (χ2n) is 7.15. The molecular weight excluding hydrogens is 456 g/mol. The summed E-state index contributed by atoms with van der Waals surface area (Å²) in [6, 6.07) is 38.5. The summed E-state index contributed by atoms with van der Waals surface area (Å²) in [4.78, 5) is 0. The van der Waals surface area contributed by atoms with Crippen molar-refractivity contribution in [3.63, 3.8) is 0 Å². The molecule has 0 radical (unpaired) electrons. The minimum atomic E-state index is -3.75. The predicted octanol–water partition coefficient (Wildman–Crippen LogP) is 6.37. The monoisotopic (exact) mass is 475 g/mol. The van der Waals surface area contributed by atoms with Crippen molar-refractivity contribution in [2.75, 3.05) is 0 Å². The third kappa shape index (κ3) is 3.08. The molecule has 1 nitrogen and oxygen atoms in total. The molecule has 0 amide bonds. The third-order valence-corrected chi connectivity index (χ3v) is 15.4. The molecule has 0 aromatic heterocycles. The van der Waals surface area contributed by atoms with Crippen LogP contribution in [0.15, 0.2) is 115 Å². The molecular formula is C26H20BrFNP. The van der Waals surface area contributed by atoms with Crippen LogP contribution in [-0.4, -0.2) is 0 Å². The Balaban J connectivity index is 2.12. The normalized spacial score (nSPS) is 13.6. The summed E-state index contributed by atoms with van der Waals surface area (Å²) < 4.78 is 17.1. The molecule has 4 aromatic rings. The van der Waals surface area contributed by atoms with E-state index in [1.54, 1.807) is 24.3 Å². The molecule has 0 spiro atoms. The number of halogens is 2. The predicted molar refractivity (Wildman–Crippen MR) is 129 cm³/mol. The van der Waals surface area contributed by atoms with Crippen LogP contribution < -0.4 is 15.9 Å². The first-order valence-electron chi connectivity index (χ1n) is 9.63. The Labute approximate surface area is 184 Å². The number of nitrogens with zero attached hydrogens (tertiary/aromatic N) is 1. The second-order valence-corrected chi connectivity index (χ2v) is 15.7. The van der Waals surface area contributed by atoms with E-state index >= 15 is 4.39 Å². The van der Waals surface area contributed by atoms with Gasteiger partial charge in [-0.05, 0) is 0 Å². The molecule has 4 aromatic carbocycles. The van der Waals surface area contributed by atoms with Crippen LogP contribution in [0.5, 0.6) is 0 Å². The molecule has 0 aliphatic rings. The van der Waals surface area contributed by atoms with Crippen molar-refractivity contribution in [3.05, 3.63) is 126 Å². The van der Waals surface area contributed by atoms with Gasteiger partial charge in [0.25, 0.3) is 0 Å². The summed E-state index contributed by atoms with van der Waals surface area (Å²) in [6.07, 6.45) is 0. The average molecular weight is 476 g/mol. The molecule has 0 bridgehead atoms. The van der Waals surface area contributed by atoms with E-state index < -0.39 is 11.2 Å². The van der Waals surface area contributed by atoms with Gasteiger partial charge in [0.15, 0.2) is 0 Å². The van der Waals surface area contributed by atoms with Gasteiger partial charge in [-0.2, -0.15) is 0 Å². The average Bonchev–Trinajstić information content (AvgIpc) is 2.85. The summed E-state index contributed by atoms with van der Waals surface area (Å²) in [5.74, 6) is -1.35. The van der Waals surface area contributed by atoms with Crippen molar-refractivity contribution in [3.8, 4) is 6.07 Å². The van der Waals surface area contributed by atoms with Gasteiger partial charge in [0.2, 0.25) is 0 Å². The number of hydrogen-bond acceptors (Lipinski definition) is 1. The van der Waals surface area contributed by atoms with Crippen molar-refractivity contribution in [1.82, 2.24) is 0 Å². The van der Waals surface area contributed by atoms with E-state index in [1.807, 2.05) is 91.0 Å². The van der Waals surface area contributed by atoms with Crippen molar-refractivity contribution in [2.45, 2.75) is 5.91 Å². The van der Waals surface area contributed by atoms with E-state index in [2.05, 4.69) is 21.6 Å². The van der Waals surface area contributed by atoms with Gasteiger partial charge in [-0.25, -0.2) is 0 Å². The first-order valence-corrected chi connectivity index (χ1v) is 14.0. The van der Waals surface area contributed by atoms with Crippen molar-refractivity contribution >= 4 is 36.7 Å². The Kier molecular flexibility index (Phi) is 5.56. The van der Waals surface area contributed by atoms with Crippen LogP contribution in [0.4, 0.5) is 4.39 Å². The van der Waals surface area contributed by atoms with Crippen LogP contribution in [0.1, 0.15) is 17.0 Å². The van der Waals surface area contributed by atoms with Crippen LogP contribution in [-0.2, 0) is 0 Å². The molecule has 1 unspecified atom stereocenters. The number of hydrogen-bond donors (Lipinski definition) is 0. The fourth-order valence-corrected chi connectivity index (χ4v) is 11.5. The Morgan fingerprint density at radius 1 is 0.633 bits per heavy atom. The second kappa shape index (κ2) is 8.15. The van der Waals surface area contributed by atoms with Gasteiger partial charge in [-0.1, -0.05) is 0 Å². The number of benzene rings is 4.